The topological polar surface area (TPSA) is 83.9 Å². The van der Waals surface area contributed by atoms with Crippen molar-refractivity contribution >= 4 is 16.7 Å². The summed E-state index contributed by atoms with van der Waals surface area (Å²) in [6.45, 7) is 3.37. The van der Waals surface area contributed by atoms with Crippen LogP contribution < -0.4 is 5.32 Å². The van der Waals surface area contributed by atoms with Gasteiger partial charge in [0, 0.05) is 43.5 Å². The zero-order valence-corrected chi connectivity index (χ0v) is 29.0. The second-order valence-electron chi connectivity index (χ2n) is 13.3. The van der Waals surface area contributed by atoms with Gasteiger partial charge < -0.3 is 19.9 Å². The Morgan fingerprint density at radius 1 is 0.863 bits per heavy atom. The fourth-order valence-electron chi connectivity index (χ4n) is 6.78. The zero-order chi connectivity index (χ0) is 35.2. The third-order valence-electron chi connectivity index (χ3n) is 9.90. The first-order chi connectivity index (χ1) is 24.9. The molecule has 7 heteroatoms. The number of aliphatic hydroxyl groups excluding tert-OH is 1. The van der Waals surface area contributed by atoms with Crippen molar-refractivity contribution in [2.45, 2.75) is 51.0 Å². The third kappa shape index (κ3) is 8.08. The van der Waals surface area contributed by atoms with Crippen LogP contribution in [0.5, 0.6) is 0 Å². The number of rotatable bonds is 11. The molecule has 2 N–H and O–H groups in total. The minimum atomic E-state index is -0.557. The lowest BCUT2D eigenvalue weighted by atomic mass is 9.97. The molecule has 0 saturated carbocycles. The third-order valence-corrected chi connectivity index (χ3v) is 9.90. The molecule has 1 aliphatic heterocycles. The number of pyridine rings is 1. The molecule has 7 nitrogen and oxygen atoms in total. The summed E-state index contributed by atoms with van der Waals surface area (Å²) in [5.41, 5.74) is 7.77. The predicted molar refractivity (Wildman–Crippen MR) is 201 cm³/mol. The standard InChI is InChI=1S/C44H43N3O4/c1-30(36-22-17-32-8-3-4-9-37(32)24-36)47(2)28-40-25-42(34-15-13-31(29-48)14-16-34)51-44(50-40)35-20-18-33(19-21-35)41-12-6-5-10-38(41)27-46-43(49)39-11-7-23-45-26-39/h3-24,26,30,40,42,44,48H,25,27-29H2,1-2H3,(H,46,49). The smallest absolute Gasteiger partial charge is 0.253 e. The van der Waals surface area contributed by atoms with Crippen molar-refractivity contribution in [2.24, 2.45) is 0 Å². The Kier molecular flexibility index (Phi) is 10.6. The van der Waals surface area contributed by atoms with Gasteiger partial charge in [-0.3, -0.25) is 14.7 Å². The van der Waals surface area contributed by atoms with E-state index in [-0.39, 0.29) is 30.8 Å². The van der Waals surface area contributed by atoms with Crippen LogP contribution in [0, 0.1) is 0 Å². The molecule has 51 heavy (non-hydrogen) atoms. The highest BCUT2D eigenvalue weighted by Gasteiger charge is 2.33. The number of hydrogen-bond donors (Lipinski definition) is 2. The average molecular weight is 678 g/mol. The van der Waals surface area contributed by atoms with Gasteiger partial charge in [-0.25, -0.2) is 0 Å². The van der Waals surface area contributed by atoms with Crippen LogP contribution in [0.25, 0.3) is 21.9 Å². The van der Waals surface area contributed by atoms with Crippen LogP contribution in [-0.2, 0) is 22.6 Å². The van der Waals surface area contributed by atoms with Crippen LogP contribution in [0.3, 0.4) is 0 Å². The molecule has 258 valence electrons. The number of benzene rings is 5. The van der Waals surface area contributed by atoms with Crippen molar-refractivity contribution in [1.29, 1.82) is 0 Å². The number of hydrogen-bond acceptors (Lipinski definition) is 6. The van der Waals surface area contributed by atoms with Crippen molar-refractivity contribution in [3.8, 4) is 11.1 Å². The number of aromatic nitrogens is 1. The van der Waals surface area contributed by atoms with E-state index < -0.39 is 6.29 Å². The van der Waals surface area contributed by atoms with Gasteiger partial charge in [-0.05, 0) is 76.3 Å². The van der Waals surface area contributed by atoms with Gasteiger partial charge >= 0.3 is 0 Å². The molecule has 1 fully saturated rings. The first-order valence-corrected chi connectivity index (χ1v) is 17.5. The van der Waals surface area contributed by atoms with Crippen molar-refractivity contribution in [3.63, 3.8) is 0 Å². The van der Waals surface area contributed by atoms with Crippen LogP contribution in [0.1, 0.15) is 70.0 Å². The molecule has 1 saturated heterocycles. The Morgan fingerprint density at radius 3 is 2.37 bits per heavy atom. The zero-order valence-electron chi connectivity index (χ0n) is 29.0. The van der Waals surface area contributed by atoms with Gasteiger partial charge in [0.25, 0.3) is 5.91 Å². The van der Waals surface area contributed by atoms with Crippen molar-refractivity contribution in [2.75, 3.05) is 13.6 Å². The van der Waals surface area contributed by atoms with E-state index in [2.05, 4.69) is 102 Å². The fourth-order valence-corrected chi connectivity index (χ4v) is 6.78. The molecule has 1 amide bonds. The van der Waals surface area contributed by atoms with Crippen molar-refractivity contribution in [3.05, 3.63) is 173 Å². The number of carbonyl (C=O) groups is 1. The normalized spacial score (nSPS) is 18.1. The van der Waals surface area contributed by atoms with E-state index in [1.807, 2.05) is 42.5 Å². The van der Waals surface area contributed by atoms with Gasteiger partial charge in [0.1, 0.15) is 0 Å². The Balaban J connectivity index is 1.09. The highest BCUT2D eigenvalue weighted by molar-refractivity contribution is 5.93. The monoisotopic (exact) mass is 677 g/mol. The maximum absolute atomic E-state index is 12.7. The summed E-state index contributed by atoms with van der Waals surface area (Å²) in [7, 11) is 2.16. The number of carbonyl (C=O) groups excluding carboxylic acids is 1. The van der Waals surface area contributed by atoms with Gasteiger partial charge in [-0.1, -0.05) is 109 Å². The second-order valence-corrected chi connectivity index (χ2v) is 13.3. The van der Waals surface area contributed by atoms with Crippen molar-refractivity contribution in [1.82, 2.24) is 15.2 Å². The van der Waals surface area contributed by atoms with Crippen LogP contribution in [0.2, 0.25) is 0 Å². The molecule has 4 atom stereocenters. The summed E-state index contributed by atoms with van der Waals surface area (Å²) in [6, 6.07) is 43.3. The minimum absolute atomic E-state index is 0.00394. The molecular formula is C44H43N3O4. The van der Waals surface area contributed by atoms with Gasteiger partial charge in [0.15, 0.2) is 6.29 Å². The van der Waals surface area contributed by atoms with E-state index in [0.29, 0.717) is 18.5 Å². The largest absolute Gasteiger partial charge is 0.392 e. The summed E-state index contributed by atoms with van der Waals surface area (Å²) >= 11 is 0. The first kappa shape index (κ1) is 34.3. The highest BCUT2D eigenvalue weighted by Crippen LogP contribution is 2.39. The molecule has 1 aromatic heterocycles. The molecule has 2 heterocycles. The number of nitrogens with zero attached hydrogens (tertiary/aromatic N) is 2. The lowest BCUT2D eigenvalue weighted by molar-refractivity contribution is -0.253. The number of ether oxygens (including phenoxy) is 2. The van der Waals surface area contributed by atoms with Crippen LogP contribution in [0.15, 0.2) is 140 Å². The van der Waals surface area contributed by atoms with E-state index >= 15 is 0 Å². The first-order valence-electron chi connectivity index (χ1n) is 17.5. The van der Waals surface area contributed by atoms with E-state index in [1.54, 1.807) is 24.5 Å². The summed E-state index contributed by atoms with van der Waals surface area (Å²) < 4.78 is 13.4. The summed E-state index contributed by atoms with van der Waals surface area (Å²) in [5.74, 6) is -0.160. The number of amides is 1. The maximum atomic E-state index is 12.7. The molecule has 7 rings (SSSR count). The fraction of sp³-hybridized carbons (Fsp3) is 0.227. The van der Waals surface area contributed by atoms with Gasteiger partial charge in [0.2, 0.25) is 0 Å². The average Bonchev–Trinajstić information content (AvgIpc) is 3.19. The molecule has 5 aromatic carbocycles. The minimum Gasteiger partial charge on any atom is -0.392 e. The van der Waals surface area contributed by atoms with Crippen molar-refractivity contribution < 1.29 is 19.4 Å². The quantitative estimate of drug-likeness (QED) is 0.143. The summed E-state index contributed by atoms with van der Waals surface area (Å²) in [6.07, 6.45) is 3.12. The lowest BCUT2D eigenvalue weighted by Crippen LogP contribution is -2.38. The van der Waals surface area contributed by atoms with E-state index in [9.17, 15) is 9.90 Å². The summed E-state index contributed by atoms with van der Waals surface area (Å²) in [5, 5.41) is 15.1. The molecule has 0 bridgehead atoms. The Labute approximate surface area is 299 Å². The second kappa shape index (κ2) is 15.8. The van der Waals surface area contributed by atoms with E-state index in [0.717, 1.165) is 39.9 Å². The predicted octanol–water partition coefficient (Wildman–Crippen LogP) is 8.56. The van der Waals surface area contributed by atoms with E-state index in [4.69, 9.17) is 9.47 Å². The molecule has 6 aromatic rings. The molecule has 1 aliphatic rings. The van der Waals surface area contributed by atoms with Crippen LogP contribution in [-0.4, -0.2) is 40.6 Å². The summed E-state index contributed by atoms with van der Waals surface area (Å²) in [4.78, 5) is 19.1. The number of nitrogens with one attached hydrogen (secondary N) is 1. The molecular weight excluding hydrogens is 635 g/mol. The van der Waals surface area contributed by atoms with E-state index in [1.165, 1.54) is 16.3 Å². The lowest BCUT2D eigenvalue weighted by Gasteiger charge is -2.39. The molecule has 0 radical (unpaired) electrons. The maximum Gasteiger partial charge on any atom is 0.253 e. The number of aliphatic hydroxyl groups is 1. The van der Waals surface area contributed by atoms with Crippen LogP contribution >= 0.6 is 0 Å². The SMILES string of the molecule is CC(c1ccc2ccccc2c1)N(C)CC1CC(c2ccc(CO)cc2)OC(c2ccc(-c3ccccc3CNC(=O)c3cccnc3)cc2)O1. The molecule has 4 unspecified atom stereocenters. The molecule has 0 aliphatic carbocycles. The van der Waals surface area contributed by atoms with Gasteiger partial charge in [0.05, 0.1) is 24.4 Å². The highest BCUT2D eigenvalue weighted by atomic mass is 16.7. The Hall–Kier alpha value is -5.18. The Bertz CT molecular complexity index is 2070. The molecule has 0 spiro atoms. The number of fused-ring (bicyclic) bond motifs is 1. The Morgan fingerprint density at radius 2 is 1.61 bits per heavy atom. The van der Waals surface area contributed by atoms with Gasteiger partial charge in [-0.2, -0.15) is 0 Å². The van der Waals surface area contributed by atoms with Gasteiger partial charge in [-0.15, -0.1) is 0 Å². The van der Waals surface area contributed by atoms with Crippen LogP contribution in [0.4, 0.5) is 0 Å². The number of likely N-dealkylation sites (N-methyl/N-ethyl adjacent to an activating group) is 1.